The van der Waals surface area contributed by atoms with Crippen LogP contribution < -0.4 is 9.64 Å². The molecule has 0 N–H and O–H groups in total. The summed E-state index contributed by atoms with van der Waals surface area (Å²) in [6, 6.07) is 11.0. The number of benzene rings is 1. The van der Waals surface area contributed by atoms with Gasteiger partial charge in [0.1, 0.15) is 12.9 Å². The molecule has 1 saturated heterocycles. The zero-order valence-electron chi connectivity index (χ0n) is 10.1. The molecule has 1 aromatic heterocycles. The maximum atomic E-state index is 11.8. The second-order valence-electron chi connectivity index (χ2n) is 4.10. The third kappa shape index (κ3) is 2.52. The van der Waals surface area contributed by atoms with Gasteiger partial charge in [-0.2, -0.15) is 0 Å². The van der Waals surface area contributed by atoms with Crippen molar-refractivity contribution < 1.29 is 18.8 Å². The van der Waals surface area contributed by atoms with E-state index in [0.717, 1.165) is 5.69 Å². The van der Waals surface area contributed by atoms with Gasteiger partial charge in [-0.15, -0.1) is 0 Å². The molecule has 1 atom stereocenters. The number of rotatable bonds is 4. The number of hydrogen-bond donors (Lipinski definition) is 0. The van der Waals surface area contributed by atoms with Crippen LogP contribution in [0.5, 0.6) is 5.88 Å². The van der Waals surface area contributed by atoms with Crippen LogP contribution in [0.4, 0.5) is 10.5 Å². The Hall–Kier alpha value is -2.50. The Labute approximate surface area is 109 Å². The standard InChI is InChI=1S/C13H12N2O4/c16-13-15(10-4-2-1-3-5-10)8-11(19-13)9-17-12-6-7-18-14-12/h1-7,11H,8-9H2/t11-/m1/s1. The van der Waals surface area contributed by atoms with Crippen molar-refractivity contribution >= 4 is 11.8 Å². The second-order valence-corrected chi connectivity index (χ2v) is 4.10. The lowest BCUT2D eigenvalue weighted by Crippen LogP contribution is -2.26. The van der Waals surface area contributed by atoms with E-state index in [1.165, 1.54) is 6.26 Å². The van der Waals surface area contributed by atoms with Gasteiger partial charge in [0, 0.05) is 11.8 Å². The third-order valence-electron chi connectivity index (χ3n) is 2.77. The zero-order chi connectivity index (χ0) is 13.1. The monoisotopic (exact) mass is 260 g/mol. The minimum absolute atomic E-state index is 0.252. The van der Waals surface area contributed by atoms with Gasteiger partial charge in [-0.05, 0) is 17.3 Å². The topological polar surface area (TPSA) is 64.8 Å². The summed E-state index contributed by atoms with van der Waals surface area (Å²) in [5.41, 5.74) is 0.816. The molecule has 2 aromatic rings. The number of amides is 1. The molecule has 19 heavy (non-hydrogen) atoms. The number of carbonyl (C=O) groups is 1. The Morgan fingerprint density at radius 1 is 1.32 bits per heavy atom. The van der Waals surface area contributed by atoms with Gasteiger partial charge in [0.15, 0.2) is 6.10 Å². The predicted octanol–water partition coefficient (Wildman–Crippen LogP) is 2.08. The fraction of sp³-hybridized carbons (Fsp3) is 0.231. The van der Waals surface area contributed by atoms with E-state index < -0.39 is 0 Å². The molecule has 0 spiro atoms. The van der Waals surface area contributed by atoms with Gasteiger partial charge in [0.2, 0.25) is 0 Å². The van der Waals surface area contributed by atoms with E-state index in [1.807, 2.05) is 30.3 Å². The van der Waals surface area contributed by atoms with Crippen LogP contribution in [-0.4, -0.2) is 30.5 Å². The molecule has 6 nitrogen and oxygen atoms in total. The van der Waals surface area contributed by atoms with Gasteiger partial charge in [0.25, 0.3) is 5.88 Å². The lowest BCUT2D eigenvalue weighted by molar-refractivity contribution is 0.102. The largest absolute Gasteiger partial charge is 0.471 e. The van der Waals surface area contributed by atoms with E-state index in [9.17, 15) is 4.79 Å². The van der Waals surface area contributed by atoms with Crippen molar-refractivity contribution in [2.75, 3.05) is 18.1 Å². The number of carbonyl (C=O) groups excluding carboxylic acids is 1. The van der Waals surface area contributed by atoms with Crippen LogP contribution in [0.15, 0.2) is 47.2 Å². The van der Waals surface area contributed by atoms with Crippen molar-refractivity contribution in [3.05, 3.63) is 42.7 Å². The molecule has 98 valence electrons. The van der Waals surface area contributed by atoms with Crippen LogP contribution in [0.25, 0.3) is 0 Å². The molecule has 0 bridgehead atoms. The number of aromatic nitrogens is 1. The molecule has 1 aliphatic rings. The van der Waals surface area contributed by atoms with Crippen LogP contribution in [0.2, 0.25) is 0 Å². The predicted molar refractivity (Wildman–Crippen MR) is 66.1 cm³/mol. The van der Waals surface area contributed by atoms with Crippen LogP contribution in [0.3, 0.4) is 0 Å². The maximum Gasteiger partial charge on any atom is 0.414 e. The van der Waals surface area contributed by atoms with Crippen LogP contribution in [-0.2, 0) is 4.74 Å². The SMILES string of the molecule is O=C1O[C@@H](COc2ccon2)CN1c1ccccc1. The number of hydrogen-bond acceptors (Lipinski definition) is 5. The molecule has 1 fully saturated rings. The Balaban J connectivity index is 1.61. The van der Waals surface area contributed by atoms with Crippen molar-refractivity contribution in [2.45, 2.75) is 6.10 Å². The van der Waals surface area contributed by atoms with E-state index in [-0.39, 0.29) is 18.8 Å². The van der Waals surface area contributed by atoms with Crippen LogP contribution >= 0.6 is 0 Å². The molecular weight excluding hydrogens is 248 g/mol. The van der Waals surface area contributed by atoms with E-state index in [4.69, 9.17) is 9.47 Å². The van der Waals surface area contributed by atoms with Gasteiger partial charge < -0.3 is 14.0 Å². The molecule has 0 saturated carbocycles. The quantitative estimate of drug-likeness (QED) is 0.842. The van der Waals surface area contributed by atoms with E-state index in [2.05, 4.69) is 9.68 Å². The van der Waals surface area contributed by atoms with Gasteiger partial charge in [-0.25, -0.2) is 4.79 Å². The maximum absolute atomic E-state index is 11.8. The first-order valence-electron chi connectivity index (χ1n) is 5.89. The summed E-state index contributed by atoms with van der Waals surface area (Å²) in [7, 11) is 0. The summed E-state index contributed by atoms with van der Waals surface area (Å²) in [5, 5.41) is 3.62. The van der Waals surface area contributed by atoms with E-state index >= 15 is 0 Å². The summed E-state index contributed by atoms with van der Waals surface area (Å²) in [4.78, 5) is 13.3. The van der Waals surface area contributed by atoms with E-state index in [1.54, 1.807) is 11.0 Å². The molecule has 6 heteroatoms. The summed E-state index contributed by atoms with van der Waals surface area (Å²) >= 11 is 0. The third-order valence-corrected chi connectivity index (χ3v) is 2.77. The smallest absolute Gasteiger partial charge is 0.414 e. The first-order valence-corrected chi connectivity index (χ1v) is 5.89. The Morgan fingerprint density at radius 3 is 2.89 bits per heavy atom. The molecule has 0 unspecified atom stereocenters. The highest BCUT2D eigenvalue weighted by molar-refractivity contribution is 5.89. The van der Waals surface area contributed by atoms with Gasteiger partial charge in [0.05, 0.1) is 6.54 Å². The number of ether oxygens (including phenoxy) is 2. The highest BCUT2D eigenvalue weighted by Gasteiger charge is 2.32. The van der Waals surface area contributed by atoms with Crippen molar-refractivity contribution in [1.82, 2.24) is 5.16 Å². The van der Waals surface area contributed by atoms with Gasteiger partial charge >= 0.3 is 6.09 Å². The Kier molecular flexibility index (Phi) is 3.06. The molecule has 0 aliphatic carbocycles. The molecule has 3 rings (SSSR count). The highest BCUT2D eigenvalue weighted by Crippen LogP contribution is 2.21. The zero-order valence-corrected chi connectivity index (χ0v) is 10.1. The van der Waals surface area contributed by atoms with Crippen LogP contribution in [0.1, 0.15) is 0 Å². The van der Waals surface area contributed by atoms with Crippen molar-refractivity contribution in [3.63, 3.8) is 0 Å². The molecule has 1 aromatic carbocycles. The van der Waals surface area contributed by atoms with E-state index in [0.29, 0.717) is 12.4 Å². The summed E-state index contributed by atoms with van der Waals surface area (Å²) < 4.78 is 15.2. The first-order chi connectivity index (χ1) is 9.33. The van der Waals surface area contributed by atoms with Crippen molar-refractivity contribution in [2.24, 2.45) is 0 Å². The molecule has 2 heterocycles. The number of anilines is 1. The van der Waals surface area contributed by atoms with Crippen LogP contribution in [0, 0.1) is 0 Å². The summed E-state index contributed by atoms with van der Waals surface area (Å²) in [6.45, 7) is 0.711. The second kappa shape index (κ2) is 5.01. The number of nitrogens with zero attached hydrogens (tertiary/aromatic N) is 2. The summed E-state index contributed by atoms with van der Waals surface area (Å²) in [5.74, 6) is 0.384. The Morgan fingerprint density at radius 2 is 2.16 bits per heavy atom. The van der Waals surface area contributed by atoms with Crippen molar-refractivity contribution in [1.29, 1.82) is 0 Å². The number of cyclic esters (lactones) is 1. The molecule has 1 aliphatic heterocycles. The molecule has 1 amide bonds. The minimum atomic E-state index is -0.361. The highest BCUT2D eigenvalue weighted by atomic mass is 16.6. The average molecular weight is 260 g/mol. The minimum Gasteiger partial charge on any atom is -0.471 e. The fourth-order valence-corrected chi connectivity index (χ4v) is 1.88. The fourth-order valence-electron chi connectivity index (χ4n) is 1.88. The van der Waals surface area contributed by atoms with Crippen molar-refractivity contribution in [3.8, 4) is 5.88 Å². The van der Waals surface area contributed by atoms with Gasteiger partial charge in [-0.3, -0.25) is 4.90 Å². The lowest BCUT2D eigenvalue weighted by Gasteiger charge is -2.12. The number of para-hydroxylation sites is 1. The molecular formula is C13H12N2O4. The average Bonchev–Trinajstić information content (AvgIpc) is 3.07. The lowest BCUT2D eigenvalue weighted by atomic mass is 10.3. The Bertz CT molecular complexity index is 541. The van der Waals surface area contributed by atoms with Gasteiger partial charge in [-0.1, -0.05) is 18.2 Å². The first kappa shape index (κ1) is 11.6. The molecule has 0 radical (unpaired) electrons. The normalized spacial score (nSPS) is 18.4. The summed E-state index contributed by atoms with van der Waals surface area (Å²) in [6.07, 6.45) is 0.746.